The Morgan fingerprint density at radius 1 is 1.25 bits per heavy atom. The molecule has 1 aromatic carbocycles. The fourth-order valence-corrected chi connectivity index (χ4v) is 5.06. The molecule has 0 aromatic heterocycles. The Balaban J connectivity index is 1.96. The minimum absolute atomic E-state index is 0.00649. The molecule has 1 N–H and O–H groups in total. The molecule has 0 bridgehead atoms. The monoisotopic (exact) mass is 352 g/mol. The number of amides is 1. The van der Waals surface area contributed by atoms with Crippen LogP contribution < -0.4 is 5.32 Å². The van der Waals surface area contributed by atoms with Gasteiger partial charge in [0.25, 0.3) is 0 Å². The first-order chi connectivity index (χ1) is 11.4. The summed E-state index contributed by atoms with van der Waals surface area (Å²) < 4.78 is 23.1. The Morgan fingerprint density at radius 3 is 2.46 bits per heavy atom. The van der Waals surface area contributed by atoms with Crippen LogP contribution in [0, 0.1) is 5.92 Å². The third-order valence-electron chi connectivity index (χ3n) is 4.76. The van der Waals surface area contributed by atoms with Crippen LogP contribution in [0.2, 0.25) is 0 Å². The van der Waals surface area contributed by atoms with E-state index in [4.69, 9.17) is 0 Å². The molecule has 24 heavy (non-hydrogen) atoms. The Labute approximate surface area is 145 Å². The number of nitrogens with zero attached hydrogens (tertiary/aromatic N) is 1. The molecular weight excluding hydrogens is 324 g/mol. The number of sulfone groups is 1. The van der Waals surface area contributed by atoms with Gasteiger partial charge in [0.15, 0.2) is 9.84 Å². The van der Waals surface area contributed by atoms with Gasteiger partial charge in [0.1, 0.15) is 0 Å². The predicted octanol–water partition coefficient (Wildman–Crippen LogP) is 1.49. The van der Waals surface area contributed by atoms with Crippen molar-refractivity contribution in [3.05, 3.63) is 35.9 Å². The van der Waals surface area contributed by atoms with Crippen molar-refractivity contribution < 1.29 is 13.2 Å². The minimum Gasteiger partial charge on any atom is -0.354 e. The molecule has 0 saturated carbocycles. The van der Waals surface area contributed by atoms with Crippen LogP contribution in [0.5, 0.6) is 0 Å². The first-order valence-corrected chi connectivity index (χ1v) is 10.5. The summed E-state index contributed by atoms with van der Waals surface area (Å²) in [5.74, 6) is -0.382. The second kappa shape index (κ2) is 8.62. The maximum Gasteiger partial charge on any atom is 0.224 e. The molecule has 1 amide bonds. The molecule has 6 heteroatoms. The zero-order valence-electron chi connectivity index (χ0n) is 14.6. The standard InChI is InChI=1S/C18H28N2O3S/c1-3-20(4-2)17(12-15-8-6-5-7-9-15)13-19-18(21)16-10-11-24(22,23)14-16/h5-9,16-17H,3-4,10-14H2,1-2H3,(H,19,21)/t16-,17+/m0/s1. The number of hydrogen-bond donors (Lipinski definition) is 1. The van der Waals surface area contributed by atoms with E-state index in [1.54, 1.807) is 0 Å². The molecule has 1 aliphatic heterocycles. The molecule has 0 aliphatic carbocycles. The van der Waals surface area contributed by atoms with Crippen molar-refractivity contribution in [1.29, 1.82) is 0 Å². The molecule has 0 unspecified atom stereocenters. The quantitative estimate of drug-likeness (QED) is 0.770. The summed E-state index contributed by atoms with van der Waals surface area (Å²) in [6, 6.07) is 10.5. The molecule has 2 atom stereocenters. The highest BCUT2D eigenvalue weighted by Gasteiger charge is 2.33. The summed E-state index contributed by atoms with van der Waals surface area (Å²) in [4.78, 5) is 14.6. The molecule has 1 saturated heterocycles. The summed E-state index contributed by atoms with van der Waals surface area (Å²) in [6.45, 7) is 6.62. The zero-order valence-corrected chi connectivity index (χ0v) is 15.4. The summed E-state index contributed by atoms with van der Waals surface area (Å²) in [7, 11) is -3.02. The van der Waals surface area contributed by atoms with Gasteiger partial charge >= 0.3 is 0 Å². The van der Waals surface area contributed by atoms with E-state index >= 15 is 0 Å². The zero-order chi connectivity index (χ0) is 17.6. The highest BCUT2D eigenvalue weighted by molar-refractivity contribution is 7.91. The molecule has 134 valence electrons. The van der Waals surface area contributed by atoms with Gasteiger partial charge in [0, 0.05) is 12.6 Å². The van der Waals surface area contributed by atoms with Crippen LogP contribution in [0.15, 0.2) is 30.3 Å². The maximum atomic E-state index is 12.3. The number of benzene rings is 1. The van der Waals surface area contributed by atoms with Gasteiger partial charge in [-0.3, -0.25) is 9.69 Å². The Morgan fingerprint density at radius 2 is 1.92 bits per heavy atom. The molecule has 0 radical (unpaired) electrons. The minimum atomic E-state index is -3.02. The number of rotatable bonds is 8. The summed E-state index contributed by atoms with van der Waals surface area (Å²) in [5.41, 5.74) is 1.24. The van der Waals surface area contributed by atoms with Crippen LogP contribution in [0.3, 0.4) is 0 Å². The van der Waals surface area contributed by atoms with E-state index in [9.17, 15) is 13.2 Å². The molecule has 5 nitrogen and oxygen atoms in total. The number of carbonyl (C=O) groups is 1. The molecule has 1 fully saturated rings. The van der Waals surface area contributed by atoms with Crippen molar-refractivity contribution in [3.63, 3.8) is 0 Å². The number of hydrogen-bond acceptors (Lipinski definition) is 4. The van der Waals surface area contributed by atoms with Gasteiger partial charge in [-0.25, -0.2) is 8.42 Å². The smallest absolute Gasteiger partial charge is 0.224 e. The lowest BCUT2D eigenvalue weighted by Gasteiger charge is -2.30. The van der Waals surface area contributed by atoms with Gasteiger partial charge in [0.2, 0.25) is 5.91 Å². The van der Waals surface area contributed by atoms with Crippen LogP contribution in [0.25, 0.3) is 0 Å². The lowest BCUT2D eigenvalue weighted by Crippen LogP contribution is -2.46. The highest BCUT2D eigenvalue weighted by atomic mass is 32.2. The third-order valence-corrected chi connectivity index (χ3v) is 6.53. The van der Waals surface area contributed by atoms with E-state index in [0.29, 0.717) is 13.0 Å². The Hall–Kier alpha value is -1.40. The van der Waals surface area contributed by atoms with E-state index in [-0.39, 0.29) is 29.4 Å². The van der Waals surface area contributed by atoms with Gasteiger partial charge in [-0.2, -0.15) is 0 Å². The largest absolute Gasteiger partial charge is 0.354 e. The van der Waals surface area contributed by atoms with E-state index in [1.165, 1.54) is 5.56 Å². The van der Waals surface area contributed by atoms with Crippen molar-refractivity contribution in [2.45, 2.75) is 32.7 Å². The summed E-state index contributed by atoms with van der Waals surface area (Å²) >= 11 is 0. The van der Waals surface area contributed by atoms with Gasteiger partial charge in [-0.05, 0) is 31.5 Å². The highest BCUT2D eigenvalue weighted by Crippen LogP contribution is 2.18. The molecular formula is C18H28N2O3S. The summed E-state index contributed by atoms with van der Waals surface area (Å²) in [6.07, 6.45) is 1.31. The number of nitrogens with one attached hydrogen (secondary N) is 1. The molecule has 1 aromatic rings. The SMILES string of the molecule is CCN(CC)[C@@H](CNC(=O)[C@H]1CCS(=O)(=O)C1)Cc1ccccc1. The van der Waals surface area contributed by atoms with Crippen LogP contribution in [-0.2, 0) is 21.1 Å². The predicted molar refractivity (Wildman–Crippen MR) is 96.6 cm³/mol. The second-order valence-electron chi connectivity index (χ2n) is 6.41. The first-order valence-electron chi connectivity index (χ1n) is 8.71. The molecule has 0 spiro atoms. The average Bonchev–Trinajstić information content (AvgIpc) is 2.94. The van der Waals surface area contributed by atoms with Crippen molar-refractivity contribution in [3.8, 4) is 0 Å². The molecule has 2 rings (SSSR count). The van der Waals surface area contributed by atoms with Gasteiger partial charge < -0.3 is 5.32 Å². The fraction of sp³-hybridized carbons (Fsp3) is 0.611. The lowest BCUT2D eigenvalue weighted by atomic mass is 10.0. The van der Waals surface area contributed by atoms with Crippen LogP contribution in [0.4, 0.5) is 0 Å². The van der Waals surface area contributed by atoms with E-state index in [0.717, 1.165) is 19.5 Å². The van der Waals surface area contributed by atoms with Gasteiger partial charge in [0.05, 0.1) is 17.4 Å². The van der Waals surface area contributed by atoms with Crippen LogP contribution in [0.1, 0.15) is 25.8 Å². The van der Waals surface area contributed by atoms with Crippen molar-refractivity contribution in [2.24, 2.45) is 5.92 Å². The fourth-order valence-electron chi connectivity index (χ4n) is 3.32. The van der Waals surface area contributed by atoms with E-state index in [2.05, 4.69) is 36.2 Å². The van der Waals surface area contributed by atoms with Crippen LogP contribution in [-0.4, -0.2) is 56.4 Å². The van der Waals surface area contributed by atoms with Crippen LogP contribution >= 0.6 is 0 Å². The van der Waals surface area contributed by atoms with Crippen molar-refractivity contribution in [2.75, 3.05) is 31.1 Å². The first kappa shape index (κ1) is 18.9. The maximum absolute atomic E-state index is 12.3. The van der Waals surface area contributed by atoms with Crippen molar-refractivity contribution >= 4 is 15.7 Å². The third kappa shape index (κ3) is 5.31. The topological polar surface area (TPSA) is 66.5 Å². The lowest BCUT2D eigenvalue weighted by molar-refractivity contribution is -0.124. The Kier molecular flexibility index (Phi) is 6.80. The van der Waals surface area contributed by atoms with E-state index in [1.807, 2.05) is 18.2 Å². The number of likely N-dealkylation sites (N-methyl/N-ethyl adjacent to an activating group) is 1. The Bertz CT molecular complexity index is 627. The number of carbonyl (C=O) groups excluding carboxylic acids is 1. The molecule has 1 heterocycles. The average molecular weight is 353 g/mol. The second-order valence-corrected chi connectivity index (χ2v) is 8.64. The van der Waals surface area contributed by atoms with Gasteiger partial charge in [-0.15, -0.1) is 0 Å². The van der Waals surface area contributed by atoms with E-state index < -0.39 is 9.84 Å². The molecule has 1 aliphatic rings. The normalized spacial score (nSPS) is 20.9. The summed E-state index contributed by atoms with van der Waals surface area (Å²) in [5, 5.41) is 2.99. The van der Waals surface area contributed by atoms with Gasteiger partial charge in [-0.1, -0.05) is 44.2 Å². The van der Waals surface area contributed by atoms with Crippen molar-refractivity contribution in [1.82, 2.24) is 10.2 Å².